The first-order valence-electron chi connectivity index (χ1n) is 2.06. The van der Waals surface area contributed by atoms with E-state index >= 15 is 0 Å². The van der Waals surface area contributed by atoms with Crippen LogP contribution in [0.15, 0.2) is 12.2 Å². The summed E-state index contributed by atoms with van der Waals surface area (Å²) in [6.45, 7) is 4.22. The van der Waals surface area contributed by atoms with Crippen LogP contribution in [0.4, 0.5) is 0 Å². The Kier molecular flexibility index (Phi) is 15.2. The fraction of sp³-hybridized carbons (Fsp3) is 0.400. The summed E-state index contributed by atoms with van der Waals surface area (Å²) < 4.78 is 0. The summed E-state index contributed by atoms with van der Waals surface area (Å²) in [5, 5.41) is 0. The van der Waals surface area contributed by atoms with Crippen molar-refractivity contribution in [3.05, 3.63) is 19.1 Å². The minimum atomic E-state index is 0. The van der Waals surface area contributed by atoms with E-state index in [1.54, 1.807) is 0 Å². The molecule has 0 heterocycles. The zero-order valence-corrected chi connectivity index (χ0v) is 7.27. The standard InChI is InChI=1S/C5H10N.Y/c1-2-3-4-5-6;/h3-4H,1-2,5-6H2;/q-1;/b4-3+;. The quantitative estimate of drug-likeness (QED) is 0.483. The van der Waals surface area contributed by atoms with Crippen LogP contribution in [-0.4, -0.2) is 6.54 Å². The maximum absolute atomic E-state index is 5.10. The van der Waals surface area contributed by atoms with Crippen LogP contribution < -0.4 is 5.73 Å². The van der Waals surface area contributed by atoms with Gasteiger partial charge in [-0.25, -0.2) is 0 Å². The molecule has 0 aromatic heterocycles. The van der Waals surface area contributed by atoms with Gasteiger partial charge in [-0.05, 0) is 0 Å². The second-order valence-electron chi connectivity index (χ2n) is 0.996. The van der Waals surface area contributed by atoms with Crippen molar-refractivity contribution in [3.63, 3.8) is 0 Å². The van der Waals surface area contributed by atoms with Crippen molar-refractivity contribution in [2.75, 3.05) is 6.54 Å². The molecule has 2 N–H and O–H groups in total. The van der Waals surface area contributed by atoms with Crippen LogP contribution in [0.1, 0.15) is 6.42 Å². The smallest absolute Gasteiger partial charge is 0.0105 e. The van der Waals surface area contributed by atoms with Crippen molar-refractivity contribution in [1.29, 1.82) is 0 Å². The molecule has 0 spiro atoms. The maximum atomic E-state index is 5.10. The Morgan fingerprint density at radius 1 is 1.43 bits per heavy atom. The van der Waals surface area contributed by atoms with Gasteiger partial charge < -0.3 is 12.7 Å². The summed E-state index contributed by atoms with van der Waals surface area (Å²) in [6, 6.07) is 0. The molecular weight excluding hydrogens is 163 g/mol. The predicted octanol–water partition coefficient (Wildman–Crippen LogP) is 0.723. The number of hydrogen-bond donors (Lipinski definition) is 1. The van der Waals surface area contributed by atoms with Gasteiger partial charge in [0.05, 0.1) is 0 Å². The predicted molar refractivity (Wildman–Crippen MR) is 28.2 cm³/mol. The molecule has 0 bridgehead atoms. The van der Waals surface area contributed by atoms with E-state index in [1.807, 2.05) is 12.2 Å². The Bertz CT molecular complexity index is 37.3. The molecule has 0 aliphatic rings. The monoisotopic (exact) mass is 173 g/mol. The van der Waals surface area contributed by atoms with E-state index in [0.717, 1.165) is 6.42 Å². The fourth-order valence-electron chi connectivity index (χ4n) is 0.214. The molecule has 1 nitrogen and oxygen atoms in total. The van der Waals surface area contributed by atoms with E-state index < -0.39 is 0 Å². The average molecular weight is 173 g/mol. The summed E-state index contributed by atoms with van der Waals surface area (Å²) in [4.78, 5) is 0. The molecule has 0 saturated heterocycles. The summed E-state index contributed by atoms with van der Waals surface area (Å²) in [5.41, 5.74) is 5.10. The molecule has 2 heteroatoms. The Morgan fingerprint density at radius 2 is 2.00 bits per heavy atom. The molecule has 0 aromatic carbocycles. The topological polar surface area (TPSA) is 26.0 Å². The van der Waals surface area contributed by atoms with Crippen molar-refractivity contribution in [2.45, 2.75) is 6.42 Å². The van der Waals surface area contributed by atoms with Crippen LogP contribution in [0.25, 0.3) is 0 Å². The maximum Gasteiger partial charge on any atom is 0.0105 e. The zero-order valence-electron chi connectivity index (χ0n) is 4.43. The zero-order chi connectivity index (χ0) is 4.83. The first-order valence-corrected chi connectivity index (χ1v) is 2.06. The Hall–Kier alpha value is 0.804. The molecule has 0 aromatic rings. The fourth-order valence-corrected chi connectivity index (χ4v) is 0.214. The molecule has 0 fully saturated rings. The van der Waals surface area contributed by atoms with Gasteiger partial charge in [0.15, 0.2) is 0 Å². The molecule has 0 saturated carbocycles. The van der Waals surface area contributed by atoms with Gasteiger partial charge in [0.2, 0.25) is 0 Å². The van der Waals surface area contributed by atoms with Crippen LogP contribution in [0.3, 0.4) is 0 Å². The second kappa shape index (κ2) is 9.93. The van der Waals surface area contributed by atoms with Crippen molar-refractivity contribution in [3.8, 4) is 0 Å². The van der Waals surface area contributed by atoms with E-state index in [9.17, 15) is 0 Å². The normalized spacial score (nSPS) is 8.86. The van der Waals surface area contributed by atoms with Crippen LogP contribution in [0.5, 0.6) is 0 Å². The molecule has 1 radical (unpaired) electrons. The van der Waals surface area contributed by atoms with Crippen molar-refractivity contribution in [2.24, 2.45) is 5.73 Å². The Labute approximate surface area is 70.2 Å². The number of allylic oxidation sites excluding steroid dienone is 1. The molecular formula is C5H10NY-. The largest absolute Gasteiger partial charge is 0.340 e. The molecule has 0 amide bonds. The summed E-state index contributed by atoms with van der Waals surface area (Å²) in [5.74, 6) is 0. The first-order chi connectivity index (χ1) is 2.91. The molecule has 39 valence electrons. The Morgan fingerprint density at radius 3 is 2.14 bits per heavy atom. The van der Waals surface area contributed by atoms with Gasteiger partial charge in [-0.1, -0.05) is 6.08 Å². The van der Waals surface area contributed by atoms with Gasteiger partial charge in [0, 0.05) is 39.3 Å². The summed E-state index contributed by atoms with van der Waals surface area (Å²) in [6.07, 6.45) is 4.68. The van der Waals surface area contributed by atoms with Gasteiger partial charge in [-0.3, -0.25) is 0 Å². The van der Waals surface area contributed by atoms with Gasteiger partial charge in [0.25, 0.3) is 0 Å². The van der Waals surface area contributed by atoms with Gasteiger partial charge in [-0.15, -0.1) is 6.08 Å². The second-order valence-corrected chi connectivity index (χ2v) is 0.996. The van der Waals surface area contributed by atoms with Crippen molar-refractivity contribution in [1.82, 2.24) is 0 Å². The minimum Gasteiger partial charge on any atom is -0.340 e. The van der Waals surface area contributed by atoms with Gasteiger partial charge in [-0.2, -0.15) is 6.42 Å². The van der Waals surface area contributed by atoms with E-state index in [4.69, 9.17) is 5.73 Å². The van der Waals surface area contributed by atoms with E-state index in [-0.39, 0.29) is 32.7 Å². The molecule has 0 aliphatic heterocycles. The SMILES string of the molecule is [CH2-]C/C=C/CN.[Y]. The van der Waals surface area contributed by atoms with Crippen molar-refractivity contribution >= 4 is 0 Å². The molecule has 7 heavy (non-hydrogen) atoms. The molecule has 0 atom stereocenters. The van der Waals surface area contributed by atoms with Crippen LogP contribution in [0, 0.1) is 6.92 Å². The van der Waals surface area contributed by atoms with Crippen LogP contribution in [0.2, 0.25) is 0 Å². The number of rotatable bonds is 2. The first kappa shape index (κ1) is 10.7. The third-order valence-electron chi connectivity index (χ3n) is 0.469. The summed E-state index contributed by atoms with van der Waals surface area (Å²) in [7, 11) is 0. The van der Waals surface area contributed by atoms with E-state index in [0.29, 0.717) is 6.54 Å². The number of hydrogen-bond acceptors (Lipinski definition) is 1. The van der Waals surface area contributed by atoms with Gasteiger partial charge in [0.1, 0.15) is 0 Å². The summed E-state index contributed by atoms with van der Waals surface area (Å²) >= 11 is 0. The van der Waals surface area contributed by atoms with Crippen LogP contribution >= 0.6 is 0 Å². The third kappa shape index (κ3) is 10.9. The van der Waals surface area contributed by atoms with Crippen molar-refractivity contribution < 1.29 is 32.7 Å². The van der Waals surface area contributed by atoms with Gasteiger partial charge >= 0.3 is 0 Å². The number of nitrogens with two attached hydrogens (primary N) is 1. The molecule has 0 aliphatic carbocycles. The Balaban J connectivity index is 0. The average Bonchev–Trinajstić information content (AvgIpc) is 1.61. The van der Waals surface area contributed by atoms with Crippen LogP contribution in [-0.2, 0) is 32.7 Å². The van der Waals surface area contributed by atoms with E-state index in [2.05, 4.69) is 6.92 Å². The molecule has 0 rings (SSSR count). The third-order valence-corrected chi connectivity index (χ3v) is 0.469. The minimum absolute atomic E-state index is 0. The molecule has 0 unspecified atom stereocenters. The van der Waals surface area contributed by atoms with E-state index in [1.165, 1.54) is 0 Å².